The maximum absolute atomic E-state index is 15.2. The van der Waals surface area contributed by atoms with Crippen LogP contribution >= 0.6 is 23.4 Å². The standard InChI is InChI=1S/C25H21ClFN5O3S2/c1-32(37(33,34)23-7-3-2-6-19(23)26)17-8-9-22(20(27)13-17)36-24-18(5-4-11-28-24)21-10-12-29-25(31-21)30-16-14-35-15-16/h2-13,16H,14-15H2,1H3,(H,29,30,31). The van der Waals surface area contributed by atoms with Crippen LogP contribution in [0.25, 0.3) is 11.3 Å². The normalized spacial score (nSPS) is 13.7. The van der Waals surface area contributed by atoms with E-state index in [9.17, 15) is 8.42 Å². The lowest BCUT2D eigenvalue weighted by Gasteiger charge is -2.26. The molecular weight excluding hydrogens is 537 g/mol. The molecule has 2 aromatic heterocycles. The Hall–Kier alpha value is -3.25. The highest BCUT2D eigenvalue weighted by molar-refractivity contribution is 7.99. The van der Waals surface area contributed by atoms with Crippen LogP contribution in [-0.4, -0.2) is 49.7 Å². The molecule has 1 saturated heterocycles. The first kappa shape index (κ1) is 25.4. The second kappa shape index (κ2) is 10.6. The summed E-state index contributed by atoms with van der Waals surface area (Å²) in [5.41, 5.74) is 1.51. The van der Waals surface area contributed by atoms with Gasteiger partial charge in [0, 0.05) is 29.9 Å². The van der Waals surface area contributed by atoms with E-state index >= 15 is 4.39 Å². The number of aromatic nitrogens is 3. The van der Waals surface area contributed by atoms with Crippen molar-refractivity contribution in [3.05, 3.63) is 83.9 Å². The van der Waals surface area contributed by atoms with Gasteiger partial charge in [-0.2, -0.15) is 0 Å². The predicted octanol–water partition coefficient (Wildman–Crippen LogP) is 5.12. The van der Waals surface area contributed by atoms with Crippen molar-refractivity contribution in [1.29, 1.82) is 0 Å². The average molecular weight is 558 g/mol. The number of nitrogens with one attached hydrogen (secondary N) is 1. The number of hydrogen-bond acceptors (Lipinski definition) is 8. The van der Waals surface area contributed by atoms with Gasteiger partial charge in [-0.1, -0.05) is 35.5 Å². The van der Waals surface area contributed by atoms with E-state index in [1.165, 1.54) is 37.4 Å². The minimum Gasteiger partial charge on any atom is -0.377 e. The van der Waals surface area contributed by atoms with E-state index in [2.05, 4.69) is 20.3 Å². The summed E-state index contributed by atoms with van der Waals surface area (Å²) in [6, 6.07) is 15.9. The summed E-state index contributed by atoms with van der Waals surface area (Å²) in [4.78, 5) is 13.5. The molecule has 0 atom stereocenters. The van der Waals surface area contributed by atoms with Gasteiger partial charge in [-0.05, 0) is 48.5 Å². The maximum Gasteiger partial charge on any atom is 0.265 e. The van der Waals surface area contributed by atoms with Crippen LogP contribution in [0.5, 0.6) is 0 Å². The van der Waals surface area contributed by atoms with Gasteiger partial charge in [-0.3, -0.25) is 4.31 Å². The number of anilines is 2. The third kappa shape index (κ3) is 5.40. The van der Waals surface area contributed by atoms with Gasteiger partial charge in [-0.15, -0.1) is 0 Å². The fourth-order valence-electron chi connectivity index (χ4n) is 3.56. The van der Waals surface area contributed by atoms with Crippen LogP contribution in [0.15, 0.2) is 87.9 Å². The van der Waals surface area contributed by atoms with Crippen LogP contribution in [0.2, 0.25) is 5.02 Å². The summed E-state index contributed by atoms with van der Waals surface area (Å²) in [5.74, 6) is -0.112. The van der Waals surface area contributed by atoms with E-state index in [4.69, 9.17) is 16.3 Å². The SMILES string of the molecule is CN(c1ccc(Sc2ncccc2-c2ccnc(NC3COC3)n2)c(F)c1)S(=O)(=O)c1ccccc1Cl. The molecule has 0 spiro atoms. The Bertz CT molecular complexity index is 1550. The molecule has 190 valence electrons. The van der Waals surface area contributed by atoms with Gasteiger partial charge >= 0.3 is 0 Å². The summed E-state index contributed by atoms with van der Waals surface area (Å²) >= 11 is 7.21. The lowest BCUT2D eigenvalue weighted by atomic mass is 10.2. The molecule has 4 aromatic rings. The highest BCUT2D eigenvalue weighted by atomic mass is 35.5. The zero-order valence-corrected chi connectivity index (χ0v) is 21.9. The number of ether oxygens (including phenoxy) is 1. The number of benzene rings is 2. The first-order chi connectivity index (χ1) is 17.8. The molecule has 1 aliphatic heterocycles. The maximum atomic E-state index is 15.2. The molecule has 3 heterocycles. The lowest BCUT2D eigenvalue weighted by Crippen LogP contribution is -2.40. The molecule has 37 heavy (non-hydrogen) atoms. The van der Waals surface area contributed by atoms with Gasteiger partial charge in [0.15, 0.2) is 0 Å². The van der Waals surface area contributed by atoms with Gasteiger partial charge < -0.3 is 10.1 Å². The summed E-state index contributed by atoms with van der Waals surface area (Å²) in [6.45, 7) is 1.21. The molecular formula is C25H21ClFN5O3S2. The Labute approximate surface area is 222 Å². The summed E-state index contributed by atoms with van der Waals surface area (Å²) < 4.78 is 47.5. The molecule has 0 radical (unpaired) electrons. The van der Waals surface area contributed by atoms with E-state index in [0.717, 1.165) is 16.1 Å². The Morgan fingerprint density at radius 2 is 1.89 bits per heavy atom. The molecule has 0 saturated carbocycles. The van der Waals surface area contributed by atoms with Gasteiger partial charge in [0.2, 0.25) is 5.95 Å². The van der Waals surface area contributed by atoms with Crippen molar-refractivity contribution < 1.29 is 17.5 Å². The molecule has 8 nitrogen and oxygen atoms in total. The van der Waals surface area contributed by atoms with Gasteiger partial charge in [-0.25, -0.2) is 27.8 Å². The molecule has 0 unspecified atom stereocenters. The van der Waals surface area contributed by atoms with Crippen molar-refractivity contribution in [3.63, 3.8) is 0 Å². The lowest BCUT2D eigenvalue weighted by molar-refractivity contribution is 0.0208. The fourth-order valence-corrected chi connectivity index (χ4v) is 6.14. The summed E-state index contributed by atoms with van der Waals surface area (Å²) in [6.07, 6.45) is 3.27. The quantitative estimate of drug-likeness (QED) is 0.319. The van der Waals surface area contributed by atoms with Crippen molar-refractivity contribution >= 4 is 45.0 Å². The van der Waals surface area contributed by atoms with E-state index < -0.39 is 15.8 Å². The van der Waals surface area contributed by atoms with Crippen LogP contribution in [0.4, 0.5) is 16.0 Å². The number of sulfonamides is 1. The Balaban J connectivity index is 1.40. The second-order valence-corrected chi connectivity index (χ2v) is 11.5. The van der Waals surface area contributed by atoms with Crippen LogP contribution < -0.4 is 9.62 Å². The molecule has 12 heteroatoms. The average Bonchev–Trinajstić information content (AvgIpc) is 2.87. The van der Waals surface area contributed by atoms with Gasteiger partial charge in [0.25, 0.3) is 10.0 Å². The van der Waals surface area contributed by atoms with E-state index in [0.29, 0.717) is 35.4 Å². The van der Waals surface area contributed by atoms with Crippen molar-refractivity contribution in [2.45, 2.75) is 20.9 Å². The van der Waals surface area contributed by atoms with Gasteiger partial charge in [0.1, 0.15) is 15.7 Å². The predicted molar refractivity (Wildman–Crippen MR) is 141 cm³/mol. The van der Waals surface area contributed by atoms with Crippen molar-refractivity contribution in [1.82, 2.24) is 15.0 Å². The number of rotatable bonds is 8. The Kier molecular flexibility index (Phi) is 7.29. The van der Waals surface area contributed by atoms with Crippen molar-refractivity contribution in [2.24, 2.45) is 0 Å². The van der Waals surface area contributed by atoms with Crippen LogP contribution in [0.3, 0.4) is 0 Å². The largest absolute Gasteiger partial charge is 0.377 e. The fraction of sp³-hybridized carbons (Fsp3) is 0.160. The third-order valence-corrected chi connectivity index (χ3v) is 8.99. The number of hydrogen-bond donors (Lipinski definition) is 1. The van der Waals surface area contributed by atoms with Crippen LogP contribution in [-0.2, 0) is 14.8 Å². The number of halogens is 2. The van der Waals surface area contributed by atoms with Crippen molar-refractivity contribution in [2.75, 3.05) is 29.9 Å². The highest BCUT2D eigenvalue weighted by Crippen LogP contribution is 2.37. The minimum absolute atomic E-state index is 0.0558. The molecule has 0 aliphatic carbocycles. The Morgan fingerprint density at radius 1 is 1.08 bits per heavy atom. The molecule has 1 fully saturated rings. The van der Waals surface area contributed by atoms with E-state index in [1.54, 1.807) is 36.7 Å². The first-order valence-electron chi connectivity index (χ1n) is 11.2. The first-order valence-corrected chi connectivity index (χ1v) is 13.8. The second-order valence-electron chi connectivity index (χ2n) is 8.12. The van der Waals surface area contributed by atoms with E-state index in [-0.39, 0.29) is 26.5 Å². The minimum atomic E-state index is -3.98. The number of nitrogens with zero attached hydrogens (tertiary/aromatic N) is 4. The van der Waals surface area contributed by atoms with E-state index in [1.807, 2.05) is 6.07 Å². The number of pyridine rings is 1. The monoisotopic (exact) mass is 557 g/mol. The molecule has 0 bridgehead atoms. The topological polar surface area (TPSA) is 97.3 Å². The third-order valence-electron chi connectivity index (χ3n) is 5.63. The van der Waals surface area contributed by atoms with Gasteiger partial charge in [0.05, 0.1) is 35.7 Å². The van der Waals surface area contributed by atoms with Crippen LogP contribution in [0, 0.1) is 5.82 Å². The molecule has 1 aliphatic rings. The summed E-state index contributed by atoms with van der Waals surface area (Å²) in [5, 5.41) is 3.85. The zero-order valence-electron chi connectivity index (χ0n) is 19.5. The highest BCUT2D eigenvalue weighted by Gasteiger charge is 2.25. The van der Waals surface area contributed by atoms with Crippen LogP contribution in [0.1, 0.15) is 0 Å². The molecule has 2 aromatic carbocycles. The molecule has 5 rings (SSSR count). The molecule has 1 N–H and O–H groups in total. The smallest absolute Gasteiger partial charge is 0.265 e. The summed E-state index contributed by atoms with van der Waals surface area (Å²) in [7, 11) is -2.62. The zero-order chi connectivity index (χ0) is 26.0. The Morgan fingerprint density at radius 3 is 2.62 bits per heavy atom. The molecule has 0 amide bonds. The van der Waals surface area contributed by atoms with Crippen molar-refractivity contribution in [3.8, 4) is 11.3 Å².